The molecule has 1 aliphatic rings. The van der Waals surface area contributed by atoms with Crippen molar-refractivity contribution in [2.45, 2.75) is 51.9 Å². The molecule has 32 heavy (non-hydrogen) atoms. The fourth-order valence-electron chi connectivity index (χ4n) is 4.82. The van der Waals surface area contributed by atoms with Gasteiger partial charge in [0.15, 0.2) is 0 Å². The zero-order valence-corrected chi connectivity index (χ0v) is 19.4. The molecule has 1 fully saturated rings. The van der Waals surface area contributed by atoms with E-state index in [1.807, 2.05) is 18.2 Å². The second-order valence-corrected chi connectivity index (χ2v) is 9.30. The van der Waals surface area contributed by atoms with Gasteiger partial charge in [0.25, 0.3) is 0 Å². The van der Waals surface area contributed by atoms with Gasteiger partial charge in [-0.05, 0) is 29.6 Å². The van der Waals surface area contributed by atoms with Gasteiger partial charge in [-0.3, -0.25) is 5.82 Å². The molecule has 1 heterocycles. The van der Waals surface area contributed by atoms with E-state index in [0.29, 0.717) is 0 Å². The van der Waals surface area contributed by atoms with Crippen LogP contribution in [0.4, 0.5) is 0 Å². The van der Waals surface area contributed by atoms with Crippen LogP contribution in [0.3, 0.4) is 0 Å². The van der Waals surface area contributed by atoms with E-state index in [2.05, 4.69) is 110 Å². The number of hydrogen-bond donors (Lipinski definition) is 0. The molecule has 0 saturated carbocycles. The smallest absolute Gasteiger partial charge is 0.344 e. The van der Waals surface area contributed by atoms with Crippen LogP contribution < -0.4 is 0 Å². The highest BCUT2D eigenvalue weighted by Gasteiger charge is 2.46. The largest absolute Gasteiger partial charge is 0.473 e. The quantitative estimate of drug-likeness (QED) is 0.318. The van der Waals surface area contributed by atoms with Gasteiger partial charge in [0.2, 0.25) is 0 Å². The molecule has 0 unspecified atom stereocenters. The number of unbranched alkanes of at least 4 members (excludes halogenated alkanes) is 1. The molecular formula is C28H32B2NO-. The standard InChI is InChI=1S/C28H32B2NO/c1-4-5-22-29-31(30(2,3)23-21-24-15-9-6-10-16-24)27(25-17-11-7-12-18-25)28(32-29)26-19-13-8-14-20-26/h6-20,27-28H,4-5,22H2,1-3H3/q-1/t27-,28+/m0/s1. The topological polar surface area (TPSA) is 12.5 Å². The van der Waals surface area contributed by atoms with Crippen molar-refractivity contribution in [3.63, 3.8) is 0 Å². The van der Waals surface area contributed by atoms with Gasteiger partial charge in [0.05, 0.1) is 6.10 Å². The van der Waals surface area contributed by atoms with Gasteiger partial charge in [-0.1, -0.05) is 98.6 Å². The summed E-state index contributed by atoms with van der Waals surface area (Å²) < 4.78 is 9.42. The molecular weight excluding hydrogens is 388 g/mol. The molecule has 0 N–H and O–H groups in total. The summed E-state index contributed by atoms with van der Waals surface area (Å²) in [6.07, 6.45) is 2.14. The van der Waals surface area contributed by atoms with Crippen molar-refractivity contribution < 1.29 is 4.65 Å². The van der Waals surface area contributed by atoms with Crippen molar-refractivity contribution in [1.29, 1.82) is 0 Å². The van der Waals surface area contributed by atoms with E-state index in [0.717, 1.165) is 24.7 Å². The summed E-state index contributed by atoms with van der Waals surface area (Å²) in [6.45, 7) is 6.83. The minimum atomic E-state index is -1.16. The third-order valence-corrected chi connectivity index (χ3v) is 6.41. The number of hydrogen-bond acceptors (Lipinski definition) is 2. The molecule has 3 aromatic rings. The fraction of sp³-hybridized carbons (Fsp3) is 0.286. The lowest BCUT2D eigenvalue weighted by Gasteiger charge is -2.46. The SMILES string of the molecule is CCCCB1O[C@H](c2ccccc2)[C@H](c2ccccc2)N1[B-](C)(C)C#Cc1ccccc1. The maximum atomic E-state index is 6.84. The Kier molecular flexibility index (Phi) is 7.20. The average Bonchev–Trinajstić information content (AvgIpc) is 3.24. The van der Waals surface area contributed by atoms with E-state index < -0.39 is 6.28 Å². The van der Waals surface area contributed by atoms with Crippen LogP contribution in [0.25, 0.3) is 0 Å². The van der Waals surface area contributed by atoms with Gasteiger partial charge in [-0.25, -0.2) is 0 Å². The predicted octanol–water partition coefficient (Wildman–Crippen LogP) is 6.89. The fourth-order valence-corrected chi connectivity index (χ4v) is 4.82. The van der Waals surface area contributed by atoms with Crippen LogP contribution in [0.5, 0.6) is 0 Å². The summed E-state index contributed by atoms with van der Waals surface area (Å²) in [4.78, 5) is 0. The van der Waals surface area contributed by atoms with Crippen LogP contribution >= 0.6 is 0 Å². The molecule has 4 heteroatoms. The highest BCUT2D eigenvalue weighted by atomic mass is 16.5. The normalized spacial score (nSPS) is 18.9. The molecule has 1 saturated heterocycles. The van der Waals surface area contributed by atoms with Gasteiger partial charge >= 0.3 is 7.05 Å². The summed E-state index contributed by atoms with van der Waals surface area (Å²) >= 11 is 0. The predicted molar refractivity (Wildman–Crippen MR) is 138 cm³/mol. The van der Waals surface area contributed by atoms with Gasteiger partial charge < -0.3 is 9.38 Å². The molecule has 4 rings (SSSR count). The van der Waals surface area contributed by atoms with Crippen molar-refractivity contribution in [3.8, 4) is 11.7 Å². The van der Waals surface area contributed by atoms with E-state index in [1.165, 1.54) is 11.1 Å². The minimum Gasteiger partial charge on any atom is -0.473 e. The Morgan fingerprint density at radius 1 is 0.844 bits per heavy atom. The van der Waals surface area contributed by atoms with Crippen molar-refractivity contribution in [1.82, 2.24) is 4.72 Å². The van der Waals surface area contributed by atoms with E-state index in [1.54, 1.807) is 0 Å². The Bertz CT molecular complexity index is 1040. The van der Waals surface area contributed by atoms with Gasteiger partial charge in [0, 0.05) is 11.6 Å². The van der Waals surface area contributed by atoms with Crippen LogP contribution in [0.15, 0.2) is 91.0 Å². The van der Waals surface area contributed by atoms with E-state index in [-0.39, 0.29) is 19.2 Å². The Morgan fingerprint density at radius 2 is 1.41 bits per heavy atom. The maximum absolute atomic E-state index is 6.84. The van der Waals surface area contributed by atoms with E-state index in [4.69, 9.17) is 4.65 Å². The Morgan fingerprint density at radius 3 is 2.00 bits per heavy atom. The minimum absolute atomic E-state index is 0.0138. The van der Waals surface area contributed by atoms with Gasteiger partial charge in [-0.2, -0.15) is 13.6 Å². The van der Waals surface area contributed by atoms with Crippen molar-refractivity contribution >= 4 is 13.3 Å². The zero-order valence-electron chi connectivity index (χ0n) is 19.4. The summed E-state index contributed by atoms with van der Waals surface area (Å²) in [5.74, 6) is 7.10. The zero-order chi connectivity index (χ0) is 22.4. The monoisotopic (exact) mass is 420 g/mol. The summed E-state index contributed by atoms with van der Waals surface area (Å²) in [5, 5.41) is 0. The first-order valence-corrected chi connectivity index (χ1v) is 11.9. The molecule has 0 amide bonds. The van der Waals surface area contributed by atoms with E-state index in [9.17, 15) is 0 Å². The number of rotatable bonds is 6. The first-order chi connectivity index (χ1) is 15.6. The second kappa shape index (κ2) is 10.3. The Balaban J connectivity index is 1.78. The highest BCUT2D eigenvalue weighted by molar-refractivity contribution is 6.89. The van der Waals surface area contributed by atoms with Crippen LogP contribution in [0, 0.1) is 11.7 Å². The van der Waals surface area contributed by atoms with Crippen LogP contribution in [-0.2, 0) is 4.65 Å². The lowest BCUT2D eigenvalue weighted by atomic mass is 9.34. The Hall–Kier alpha value is -2.73. The molecule has 1 aliphatic heterocycles. The van der Waals surface area contributed by atoms with Crippen LogP contribution in [0.1, 0.15) is 48.6 Å². The third-order valence-electron chi connectivity index (χ3n) is 6.41. The van der Waals surface area contributed by atoms with Crippen molar-refractivity contribution in [2.24, 2.45) is 0 Å². The number of benzene rings is 3. The Labute approximate surface area is 194 Å². The molecule has 0 bridgehead atoms. The first kappa shape index (κ1) is 22.5. The molecule has 0 aromatic heterocycles. The average molecular weight is 420 g/mol. The lowest BCUT2D eigenvalue weighted by molar-refractivity contribution is 0.206. The van der Waals surface area contributed by atoms with Gasteiger partial charge in [-0.15, -0.1) is 5.92 Å². The molecule has 0 radical (unpaired) electrons. The molecule has 0 aliphatic carbocycles. The van der Waals surface area contributed by atoms with Crippen molar-refractivity contribution in [3.05, 3.63) is 108 Å². The molecule has 2 nitrogen and oxygen atoms in total. The van der Waals surface area contributed by atoms with Crippen molar-refractivity contribution in [2.75, 3.05) is 0 Å². The summed E-state index contributed by atoms with van der Waals surface area (Å²) in [7, 11) is 0.0467. The van der Waals surface area contributed by atoms with E-state index >= 15 is 0 Å². The maximum Gasteiger partial charge on any atom is 0.344 e. The van der Waals surface area contributed by atoms with Crippen LogP contribution in [0.2, 0.25) is 20.0 Å². The van der Waals surface area contributed by atoms with Crippen LogP contribution in [-0.4, -0.2) is 18.1 Å². The molecule has 162 valence electrons. The first-order valence-electron chi connectivity index (χ1n) is 11.9. The lowest BCUT2D eigenvalue weighted by Crippen LogP contribution is -2.54. The summed E-state index contributed by atoms with van der Waals surface area (Å²) in [5.41, 5.74) is 3.58. The molecule has 2 atom stereocenters. The molecule has 3 aromatic carbocycles. The summed E-state index contributed by atoms with van der Waals surface area (Å²) in [6, 6.07) is 31.9. The third kappa shape index (κ3) is 5.01. The van der Waals surface area contributed by atoms with Gasteiger partial charge in [0.1, 0.15) is 6.28 Å². The second-order valence-electron chi connectivity index (χ2n) is 9.30. The molecule has 0 spiro atoms. The number of nitrogens with zero attached hydrogens (tertiary/aromatic N) is 1. The highest BCUT2D eigenvalue weighted by Crippen LogP contribution is 2.47.